The summed E-state index contributed by atoms with van der Waals surface area (Å²) in [6.07, 6.45) is 2.61. The first-order valence-electron chi connectivity index (χ1n) is 6.81. The Labute approximate surface area is 117 Å². The lowest BCUT2D eigenvalue weighted by Crippen LogP contribution is -2.45. The van der Waals surface area contributed by atoms with Gasteiger partial charge in [0.15, 0.2) is 0 Å². The van der Waals surface area contributed by atoms with Gasteiger partial charge in [-0.2, -0.15) is 0 Å². The topological polar surface area (TPSA) is 59.9 Å². The van der Waals surface area contributed by atoms with Crippen molar-refractivity contribution in [2.24, 2.45) is 5.16 Å². The molecule has 1 aromatic rings. The third-order valence-electron chi connectivity index (χ3n) is 3.68. The minimum atomic E-state index is -0.891. The molecule has 0 radical (unpaired) electrons. The number of ether oxygens (including phenoxy) is 1. The van der Waals surface area contributed by atoms with Gasteiger partial charge in [-0.15, -0.1) is 0 Å². The van der Waals surface area contributed by atoms with Crippen LogP contribution < -0.4 is 10.1 Å². The van der Waals surface area contributed by atoms with E-state index in [0.717, 1.165) is 29.9 Å². The van der Waals surface area contributed by atoms with Gasteiger partial charge in [0.25, 0.3) is 5.91 Å². The molecule has 1 amide bonds. The Balaban J connectivity index is 1.69. The summed E-state index contributed by atoms with van der Waals surface area (Å²) >= 11 is 0. The molecule has 0 saturated heterocycles. The highest BCUT2D eigenvalue weighted by Crippen LogP contribution is 2.29. The normalized spacial score (nSPS) is 24.8. The number of amides is 1. The van der Waals surface area contributed by atoms with Crippen LogP contribution in [0.4, 0.5) is 0 Å². The number of nitrogens with zero attached hydrogens (tertiary/aromatic N) is 1. The van der Waals surface area contributed by atoms with Gasteiger partial charge in [-0.25, -0.2) is 0 Å². The third-order valence-corrected chi connectivity index (χ3v) is 3.68. The molecule has 1 aliphatic heterocycles. The summed E-state index contributed by atoms with van der Waals surface area (Å²) in [7, 11) is 1.63. The fraction of sp³-hybridized carbons (Fsp3) is 0.467. The van der Waals surface area contributed by atoms with Gasteiger partial charge >= 0.3 is 0 Å². The fourth-order valence-corrected chi connectivity index (χ4v) is 2.17. The maximum atomic E-state index is 12.2. The largest absolute Gasteiger partial charge is 0.497 e. The molecule has 2 aliphatic rings. The van der Waals surface area contributed by atoms with E-state index in [2.05, 4.69) is 10.5 Å². The van der Waals surface area contributed by atoms with E-state index < -0.39 is 5.60 Å². The van der Waals surface area contributed by atoms with Crippen molar-refractivity contribution < 1.29 is 14.4 Å². The van der Waals surface area contributed by atoms with Gasteiger partial charge < -0.3 is 14.9 Å². The summed E-state index contributed by atoms with van der Waals surface area (Å²) in [5, 5.41) is 7.05. The van der Waals surface area contributed by atoms with E-state index in [9.17, 15) is 4.79 Å². The summed E-state index contributed by atoms with van der Waals surface area (Å²) in [5.41, 5.74) is 0.854. The smallest absolute Gasteiger partial charge is 0.267 e. The van der Waals surface area contributed by atoms with Crippen molar-refractivity contribution in [2.75, 3.05) is 7.11 Å². The Morgan fingerprint density at radius 3 is 2.70 bits per heavy atom. The number of carbonyl (C=O) groups is 1. The molecule has 0 aromatic heterocycles. The molecule has 0 bridgehead atoms. The van der Waals surface area contributed by atoms with Gasteiger partial charge in [-0.05, 0) is 49.6 Å². The Morgan fingerprint density at radius 1 is 1.40 bits per heavy atom. The molecular weight excluding hydrogens is 256 g/mol. The van der Waals surface area contributed by atoms with Crippen molar-refractivity contribution in [3.8, 4) is 5.75 Å². The maximum absolute atomic E-state index is 12.2. The van der Waals surface area contributed by atoms with Crippen LogP contribution in [0.3, 0.4) is 0 Å². The van der Waals surface area contributed by atoms with E-state index >= 15 is 0 Å². The molecule has 5 heteroatoms. The SMILES string of the molecule is COc1ccc(C2=NO[C@@](C)(C(=O)NC3CC3)C2)cc1. The van der Waals surface area contributed by atoms with Gasteiger partial charge in [0.2, 0.25) is 5.60 Å². The van der Waals surface area contributed by atoms with Crippen LogP contribution >= 0.6 is 0 Å². The molecule has 1 aliphatic carbocycles. The van der Waals surface area contributed by atoms with Gasteiger partial charge in [0.1, 0.15) is 5.75 Å². The second kappa shape index (κ2) is 4.81. The van der Waals surface area contributed by atoms with Gasteiger partial charge in [0.05, 0.1) is 12.8 Å². The molecule has 1 fully saturated rings. The minimum absolute atomic E-state index is 0.0766. The van der Waals surface area contributed by atoms with Crippen molar-refractivity contribution in [1.29, 1.82) is 0 Å². The fourth-order valence-electron chi connectivity index (χ4n) is 2.17. The van der Waals surface area contributed by atoms with Crippen LogP contribution in [0, 0.1) is 0 Å². The average molecular weight is 274 g/mol. The number of benzene rings is 1. The monoisotopic (exact) mass is 274 g/mol. The van der Waals surface area contributed by atoms with Crippen LogP contribution in [0.15, 0.2) is 29.4 Å². The highest BCUT2D eigenvalue weighted by Gasteiger charge is 2.43. The lowest BCUT2D eigenvalue weighted by atomic mass is 9.95. The molecule has 1 aromatic carbocycles. The van der Waals surface area contributed by atoms with Crippen molar-refractivity contribution in [3.05, 3.63) is 29.8 Å². The van der Waals surface area contributed by atoms with Crippen LogP contribution in [0.1, 0.15) is 31.7 Å². The first kappa shape index (κ1) is 13.0. The van der Waals surface area contributed by atoms with Crippen molar-refractivity contribution >= 4 is 11.6 Å². The Bertz CT molecular complexity index is 549. The average Bonchev–Trinajstić information content (AvgIpc) is 3.19. The Hall–Kier alpha value is -2.04. The van der Waals surface area contributed by atoms with E-state index in [1.807, 2.05) is 24.3 Å². The highest BCUT2D eigenvalue weighted by molar-refractivity contribution is 6.05. The predicted molar refractivity (Wildman–Crippen MR) is 74.8 cm³/mol. The van der Waals surface area contributed by atoms with Crippen LogP contribution in [0.5, 0.6) is 5.75 Å². The van der Waals surface area contributed by atoms with Crippen molar-refractivity contribution in [3.63, 3.8) is 0 Å². The Morgan fingerprint density at radius 2 is 2.10 bits per heavy atom. The van der Waals surface area contributed by atoms with Crippen LogP contribution in [0.2, 0.25) is 0 Å². The molecule has 1 saturated carbocycles. The zero-order valence-corrected chi connectivity index (χ0v) is 11.7. The number of hydrogen-bond donors (Lipinski definition) is 1. The molecule has 0 spiro atoms. The summed E-state index contributed by atoms with van der Waals surface area (Å²) in [4.78, 5) is 17.6. The molecule has 1 N–H and O–H groups in total. The molecule has 3 rings (SSSR count). The van der Waals surface area contributed by atoms with E-state index in [-0.39, 0.29) is 5.91 Å². The lowest BCUT2D eigenvalue weighted by Gasteiger charge is -2.20. The second-order valence-corrected chi connectivity index (χ2v) is 5.51. The van der Waals surface area contributed by atoms with Gasteiger partial charge in [-0.3, -0.25) is 4.79 Å². The summed E-state index contributed by atoms with van der Waals surface area (Å²) in [5.74, 6) is 0.717. The Kier molecular flexibility index (Phi) is 3.12. The summed E-state index contributed by atoms with van der Waals surface area (Å²) < 4.78 is 5.13. The van der Waals surface area contributed by atoms with Crippen LogP contribution in [-0.4, -0.2) is 30.4 Å². The van der Waals surface area contributed by atoms with Crippen LogP contribution in [0.25, 0.3) is 0 Å². The molecule has 106 valence electrons. The number of rotatable bonds is 4. The molecule has 0 unspecified atom stereocenters. The standard InChI is InChI=1S/C15H18N2O3/c1-15(14(18)16-11-5-6-11)9-13(17-20-15)10-3-7-12(19-2)8-4-10/h3-4,7-8,11H,5-6,9H2,1-2H3,(H,16,18)/t15-/m1/s1. The molecule has 1 atom stereocenters. The number of hydrogen-bond acceptors (Lipinski definition) is 4. The van der Waals surface area contributed by atoms with E-state index in [1.54, 1.807) is 14.0 Å². The van der Waals surface area contributed by atoms with Crippen molar-refractivity contribution in [2.45, 2.75) is 37.8 Å². The summed E-state index contributed by atoms with van der Waals surface area (Å²) in [6.45, 7) is 1.78. The molecule has 1 heterocycles. The first-order chi connectivity index (χ1) is 9.60. The first-order valence-corrected chi connectivity index (χ1v) is 6.81. The maximum Gasteiger partial charge on any atom is 0.267 e. The van der Waals surface area contributed by atoms with E-state index in [4.69, 9.17) is 9.57 Å². The summed E-state index contributed by atoms with van der Waals surface area (Å²) in [6, 6.07) is 7.92. The zero-order chi connectivity index (χ0) is 14.2. The number of oxime groups is 1. The van der Waals surface area contributed by atoms with E-state index in [1.165, 1.54) is 0 Å². The van der Waals surface area contributed by atoms with E-state index in [0.29, 0.717) is 12.5 Å². The number of carbonyl (C=O) groups excluding carboxylic acids is 1. The minimum Gasteiger partial charge on any atom is -0.497 e. The molecule has 5 nitrogen and oxygen atoms in total. The molecule has 20 heavy (non-hydrogen) atoms. The quantitative estimate of drug-likeness (QED) is 0.911. The van der Waals surface area contributed by atoms with Crippen LogP contribution in [-0.2, 0) is 9.63 Å². The lowest BCUT2D eigenvalue weighted by molar-refractivity contribution is -0.141. The molecular formula is C15H18N2O3. The predicted octanol–water partition coefficient (Wildman–Crippen LogP) is 1.86. The van der Waals surface area contributed by atoms with Crippen molar-refractivity contribution in [1.82, 2.24) is 5.32 Å². The third kappa shape index (κ3) is 2.48. The number of methoxy groups -OCH3 is 1. The number of nitrogens with one attached hydrogen (secondary N) is 1. The highest BCUT2D eigenvalue weighted by atomic mass is 16.7. The van der Waals surface area contributed by atoms with Gasteiger partial charge in [0, 0.05) is 12.5 Å². The zero-order valence-electron chi connectivity index (χ0n) is 11.7. The second-order valence-electron chi connectivity index (χ2n) is 5.51. The van der Waals surface area contributed by atoms with Gasteiger partial charge in [-0.1, -0.05) is 5.16 Å².